The average Bonchev–Trinajstić information content (AvgIpc) is 3.05. The average molecular weight is 271 g/mol. The molecule has 4 rings (SSSR count). The van der Waals surface area contributed by atoms with E-state index in [2.05, 4.69) is 21.4 Å². The largest absolute Gasteiger partial charge is 0.375 e. The van der Waals surface area contributed by atoms with Gasteiger partial charge in [0, 0.05) is 12.6 Å². The number of H-pyrrole nitrogens is 1. The molecule has 1 saturated carbocycles. The van der Waals surface area contributed by atoms with E-state index in [1.165, 1.54) is 25.7 Å². The third-order valence-electron chi connectivity index (χ3n) is 4.74. The minimum absolute atomic E-state index is 0.155. The monoisotopic (exact) mass is 271 g/mol. The van der Waals surface area contributed by atoms with Gasteiger partial charge < -0.3 is 15.0 Å². The van der Waals surface area contributed by atoms with Crippen LogP contribution in [0.1, 0.15) is 38.5 Å². The molecule has 1 unspecified atom stereocenters. The molecule has 20 heavy (non-hydrogen) atoms. The van der Waals surface area contributed by atoms with Crippen LogP contribution in [-0.2, 0) is 4.74 Å². The molecule has 1 spiro atoms. The lowest BCUT2D eigenvalue weighted by molar-refractivity contribution is -0.0767. The molecule has 1 aromatic heterocycles. The minimum Gasteiger partial charge on any atom is -0.375 e. The van der Waals surface area contributed by atoms with Crippen molar-refractivity contribution in [3.63, 3.8) is 0 Å². The fourth-order valence-electron chi connectivity index (χ4n) is 3.73. The Hall–Kier alpha value is -1.55. The van der Waals surface area contributed by atoms with E-state index >= 15 is 0 Å². The van der Waals surface area contributed by atoms with Gasteiger partial charge in [-0.25, -0.2) is 4.98 Å². The first-order valence-electron chi connectivity index (χ1n) is 7.68. The molecule has 1 aromatic carbocycles. The Morgan fingerprint density at radius 2 is 2.10 bits per heavy atom. The van der Waals surface area contributed by atoms with Crippen LogP contribution < -0.4 is 5.32 Å². The van der Waals surface area contributed by atoms with Crippen molar-refractivity contribution in [3.05, 3.63) is 24.3 Å². The van der Waals surface area contributed by atoms with Crippen LogP contribution in [0.5, 0.6) is 0 Å². The Labute approximate surface area is 118 Å². The number of aromatic nitrogens is 2. The van der Waals surface area contributed by atoms with Crippen molar-refractivity contribution in [2.45, 2.75) is 50.2 Å². The lowest BCUT2D eigenvalue weighted by Gasteiger charge is -2.38. The van der Waals surface area contributed by atoms with E-state index in [4.69, 9.17) is 4.74 Å². The van der Waals surface area contributed by atoms with Gasteiger partial charge in [-0.05, 0) is 37.8 Å². The number of hydrogen-bond acceptors (Lipinski definition) is 3. The highest BCUT2D eigenvalue weighted by Crippen LogP contribution is 2.40. The van der Waals surface area contributed by atoms with Crippen LogP contribution >= 0.6 is 0 Å². The zero-order chi connectivity index (χ0) is 13.4. The summed E-state index contributed by atoms with van der Waals surface area (Å²) < 4.78 is 6.08. The first-order valence-corrected chi connectivity index (χ1v) is 7.68. The molecule has 2 aliphatic rings. The molecule has 1 aliphatic carbocycles. The summed E-state index contributed by atoms with van der Waals surface area (Å²) in [5.41, 5.74) is 2.28. The number of rotatable bonds is 2. The van der Waals surface area contributed by atoms with Crippen molar-refractivity contribution >= 4 is 17.0 Å². The van der Waals surface area contributed by atoms with Crippen LogP contribution in [0, 0.1) is 0 Å². The van der Waals surface area contributed by atoms with Gasteiger partial charge in [-0.15, -0.1) is 0 Å². The highest BCUT2D eigenvalue weighted by atomic mass is 16.5. The third-order valence-corrected chi connectivity index (χ3v) is 4.74. The Bertz CT molecular complexity index is 568. The van der Waals surface area contributed by atoms with Crippen molar-refractivity contribution < 1.29 is 4.74 Å². The smallest absolute Gasteiger partial charge is 0.201 e. The quantitative estimate of drug-likeness (QED) is 0.879. The van der Waals surface area contributed by atoms with E-state index < -0.39 is 0 Å². The first-order chi connectivity index (χ1) is 9.83. The van der Waals surface area contributed by atoms with Gasteiger partial charge in [-0.3, -0.25) is 0 Å². The number of ether oxygens (including phenoxy) is 1. The highest BCUT2D eigenvalue weighted by molar-refractivity contribution is 5.77. The zero-order valence-electron chi connectivity index (χ0n) is 11.7. The predicted molar refractivity (Wildman–Crippen MR) is 79.9 cm³/mol. The molecule has 2 fully saturated rings. The summed E-state index contributed by atoms with van der Waals surface area (Å²) in [6, 6.07) is 8.64. The van der Waals surface area contributed by atoms with Gasteiger partial charge in [0.15, 0.2) is 0 Å². The van der Waals surface area contributed by atoms with Gasteiger partial charge in [0.05, 0.1) is 16.6 Å². The van der Waals surface area contributed by atoms with E-state index in [1.54, 1.807) is 0 Å². The normalized spacial score (nSPS) is 25.3. The van der Waals surface area contributed by atoms with Gasteiger partial charge in [-0.2, -0.15) is 0 Å². The lowest BCUT2D eigenvalue weighted by atomic mass is 9.89. The maximum Gasteiger partial charge on any atom is 0.201 e. The summed E-state index contributed by atoms with van der Waals surface area (Å²) in [6.45, 7) is 0.873. The van der Waals surface area contributed by atoms with Crippen LogP contribution in [-0.4, -0.2) is 28.2 Å². The fraction of sp³-hybridized carbons (Fsp3) is 0.562. The summed E-state index contributed by atoms with van der Waals surface area (Å²) in [7, 11) is 0. The van der Waals surface area contributed by atoms with Crippen molar-refractivity contribution in [2.75, 3.05) is 11.9 Å². The Balaban J connectivity index is 1.50. The van der Waals surface area contributed by atoms with Gasteiger partial charge in [0.2, 0.25) is 5.95 Å². The van der Waals surface area contributed by atoms with Gasteiger partial charge in [-0.1, -0.05) is 25.0 Å². The number of aromatic amines is 1. The standard InChI is InChI=1S/C16H21N3O/c1-2-6-14-13(5-1)18-15(19-14)17-12-7-10-20-16(11-12)8-3-4-9-16/h1-2,5-6,12H,3-4,7-11H2,(H2,17,18,19). The highest BCUT2D eigenvalue weighted by Gasteiger charge is 2.40. The van der Waals surface area contributed by atoms with Gasteiger partial charge in [0.25, 0.3) is 0 Å². The van der Waals surface area contributed by atoms with E-state index in [1.807, 2.05) is 18.2 Å². The topological polar surface area (TPSA) is 49.9 Å². The van der Waals surface area contributed by atoms with Crippen LogP contribution in [0.2, 0.25) is 0 Å². The fourth-order valence-corrected chi connectivity index (χ4v) is 3.73. The van der Waals surface area contributed by atoms with Gasteiger partial charge in [0.1, 0.15) is 0 Å². The summed E-state index contributed by atoms with van der Waals surface area (Å²) in [4.78, 5) is 7.97. The number of anilines is 1. The van der Waals surface area contributed by atoms with E-state index in [-0.39, 0.29) is 5.60 Å². The molecule has 0 amide bonds. The number of fused-ring (bicyclic) bond motifs is 1. The SMILES string of the molecule is c1ccc2[nH]c(NC3CCOC4(CCCC4)C3)nc2c1. The van der Waals surface area contributed by atoms with E-state index in [0.717, 1.165) is 36.4 Å². The summed E-state index contributed by atoms with van der Waals surface area (Å²) >= 11 is 0. The molecule has 4 nitrogen and oxygen atoms in total. The molecular weight excluding hydrogens is 250 g/mol. The number of imidazole rings is 1. The molecule has 1 atom stereocenters. The Morgan fingerprint density at radius 1 is 1.25 bits per heavy atom. The third kappa shape index (κ3) is 2.18. The molecule has 106 valence electrons. The van der Waals surface area contributed by atoms with Crippen LogP contribution in [0.25, 0.3) is 11.0 Å². The molecular formula is C16H21N3O. The first kappa shape index (κ1) is 12.2. The molecule has 2 aromatic rings. The Kier molecular flexibility index (Phi) is 2.91. The van der Waals surface area contributed by atoms with E-state index in [9.17, 15) is 0 Å². The maximum absolute atomic E-state index is 6.08. The predicted octanol–water partition coefficient (Wildman–Crippen LogP) is 3.47. The summed E-state index contributed by atoms with van der Waals surface area (Å²) in [5, 5.41) is 3.57. The number of nitrogens with zero attached hydrogens (tertiary/aromatic N) is 1. The summed E-state index contributed by atoms with van der Waals surface area (Å²) in [6.07, 6.45) is 7.27. The van der Waals surface area contributed by atoms with E-state index in [0.29, 0.717) is 6.04 Å². The zero-order valence-corrected chi connectivity index (χ0v) is 11.7. The molecule has 1 saturated heterocycles. The van der Waals surface area contributed by atoms with Gasteiger partial charge >= 0.3 is 0 Å². The number of hydrogen-bond donors (Lipinski definition) is 2. The van der Waals surface area contributed by atoms with Crippen molar-refractivity contribution in [3.8, 4) is 0 Å². The lowest BCUT2D eigenvalue weighted by Crippen LogP contribution is -2.42. The molecule has 2 N–H and O–H groups in total. The second-order valence-corrected chi connectivity index (χ2v) is 6.18. The van der Waals surface area contributed by atoms with Crippen LogP contribution in [0.4, 0.5) is 5.95 Å². The van der Waals surface area contributed by atoms with Crippen molar-refractivity contribution in [1.29, 1.82) is 0 Å². The number of para-hydroxylation sites is 2. The molecule has 1 aliphatic heterocycles. The second kappa shape index (κ2) is 4.77. The van der Waals surface area contributed by atoms with Crippen LogP contribution in [0.3, 0.4) is 0 Å². The van der Waals surface area contributed by atoms with Crippen molar-refractivity contribution in [1.82, 2.24) is 9.97 Å². The molecule has 0 radical (unpaired) electrons. The van der Waals surface area contributed by atoms with Crippen LogP contribution in [0.15, 0.2) is 24.3 Å². The number of nitrogens with one attached hydrogen (secondary N) is 2. The maximum atomic E-state index is 6.08. The second-order valence-electron chi connectivity index (χ2n) is 6.18. The Morgan fingerprint density at radius 3 is 2.95 bits per heavy atom. The summed E-state index contributed by atoms with van der Waals surface area (Å²) in [5.74, 6) is 0.895. The molecule has 0 bridgehead atoms. The molecule has 4 heteroatoms. The number of benzene rings is 1. The minimum atomic E-state index is 0.155. The molecule has 2 heterocycles. The van der Waals surface area contributed by atoms with Crippen molar-refractivity contribution in [2.24, 2.45) is 0 Å².